The van der Waals surface area contributed by atoms with Crippen LogP contribution in [0.2, 0.25) is 0 Å². The van der Waals surface area contributed by atoms with Crippen molar-refractivity contribution in [3.05, 3.63) is 59.3 Å². The Morgan fingerprint density at radius 2 is 2.05 bits per heavy atom. The van der Waals surface area contributed by atoms with Gasteiger partial charge in [0.15, 0.2) is 0 Å². The predicted octanol–water partition coefficient (Wildman–Crippen LogP) is 4.80. The monoisotopic (exact) mass is 263 g/mol. The zero-order chi connectivity index (χ0) is 14.8. The van der Waals surface area contributed by atoms with Crippen LogP contribution in [0, 0.1) is 12.7 Å². The van der Waals surface area contributed by atoms with Crippen LogP contribution in [-0.2, 0) is 11.3 Å². The number of aryl methyl sites for hydroxylation is 1. The molecule has 0 atom stereocenters. The smallest absolute Gasteiger partial charge is 0.213 e. The lowest BCUT2D eigenvalue weighted by atomic mass is 10.1. The standard InChI is InChI=1S/C14H16FNO.C2H6/c1-10(2)7-14(16-4)17-9-12-5-6-13(15)11(3)8-12;1-2/h5-8H,1,4,9H2,2-3H3;1-2H3/b14-7+;. The minimum absolute atomic E-state index is 0.215. The Kier molecular flexibility index (Phi) is 8.18. The number of allylic oxidation sites excluding steroid dienone is 2. The highest BCUT2D eigenvalue weighted by Crippen LogP contribution is 2.12. The molecule has 0 saturated carbocycles. The topological polar surface area (TPSA) is 21.6 Å². The van der Waals surface area contributed by atoms with Gasteiger partial charge >= 0.3 is 0 Å². The molecule has 0 heterocycles. The van der Waals surface area contributed by atoms with Crippen molar-refractivity contribution >= 4 is 6.72 Å². The van der Waals surface area contributed by atoms with Crippen LogP contribution in [0.25, 0.3) is 0 Å². The number of ether oxygens (including phenoxy) is 1. The first-order valence-electron chi connectivity index (χ1n) is 6.24. The molecule has 0 radical (unpaired) electrons. The van der Waals surface area contributed by atoms with E-state index in [0.29, 0.717) is 18.1 Å². The van der Waals surface area contributed by atoms with Gasteiger partial charge in [0, 0.05) is 6.08 Å². The minimum Gasteiger partial charge on any atom is -0.473 e. The Balaban J connectivity index is 0.00000154. The molecule has 0 N–H and O–H groups in total. The summed E-state index contributed by atoms with van der Waals surface area (Å²) >= 11 is 0. The second-order valence-electron chi connectivity index (χ2n) is 3.86. The van der Waals surface area contributed by atoms with Gasteiger partial charge in [-0.2, -0.15) is 0 Å². The fraction of sp³-hybridized carbons (Fsp3) is 0.312. The van der Waals surface area contributed by atoms with E-state index >= 15 is 0 Å². The molecule has 0 amide bonds. The first kappa shape index (κ1) is 17.1. The van der Waals surface area contributed by atoms with Crippen LogP contribution in [0.3, 0.4) is 0 Å². The van der Waals surface area contributed by atoms with Crippen molar-refractivity contribution < 1.29 is 9.13 Å². The van der Waals surface area contributed by atoms with Crippen LogP contribution < -0.4 is 0 Å². The van der Waals surface area contributed by atoms with Crippen molar-refractivity contribution in [2.24, 2.45) is 4.99 Å². The van der Waals surface area contributed by atoms with Crippen LogP contribution in [0.15, 0.2) is 47.3 Å². The molecule has 0 spiro atoms. The van der Waals surface area contributed by atoms with E-state index in [2.05, 4.69) is 18.3 Å². The summed E-state index contributed by atoms with van der Waals surface area (Å²) in [6.07, 6.45) is 1.70. The maximum atomic E-state index is 13.0. The van der Waals surface area contributed by atoms with Gasteiger partial charge < -0.3 is 4.74 Å². The van der Waals surface area contributed by atoms with Gasteiger partial charge in [0.1, 0.15) is 12.4 Å². The molecule has 0 bridgehead atoms. The van der Waals surface area contributed by atoms with E-state index in [0.717, 1.165) is 11.1 Å². The molecule has 0 aliphatic carbocycles. The summed E-state index contributed by atoms with van der Waals surface area (Å²) in [6, 6.07) is 4.86. The number of hydrogen-bond donors (Lipinski definition) is 0. The van der Waals surface area contributed by atoms with Crippen LogP contribution in [0.1, 0.15) is 31.9 Å². The van der Waals surface area contributed by atoms with Gasteiger partial charge in [-0.25, -0.2) is 9.38 Å². The van der Waals surface area contributed by atoms with Gasteiger partial charge in [-0.05, 0) is 43.8 Å². The van der Waals surface area contributed by atoms with Crippen molar-refractivity contribution in [2.45, 2.75) is 34.3 Å². The largest absolute Gasteiger partial charge is 0.473 e. The van der Waals surface area contributed by atoms with Crippen molar-refractivity contribution in [3.63, 3.8) is 0 Å². The minimum atomic E-state index is -0.215. The first-order chi connectivity index (χ1) is 9.02. The van der Waals surface area contributed by atoms with Crippen molar-refractivity contribution in [1.82, 2.24) is 0 Å². The number of rotatable bonds is 5. The Bertz CT molecular complexity index is 464. The molecule has 0 unspecified atom stereocenters. The molecule has 0 aliphatic heterocycles. The number of aliphatic imine (C=N–C) groups is 1. The van der Waals surface area contributed by atoms with Crippen LogP contribution in [0.5, 0.6) is 0 Å². The summed E-state index contributed by atoms with van der Waals surface area (Å²) in [5.41, 5.74) is 2.32. The molecule has 104 valence electrons. The van der Waals surface area contributed by atoms with Gasteiger partial charge in [0.05, 0.1) is 0 Å². The van der Waals surface area contributed by atoms with E-state index in [-0.39, 0.29) is 5.82 Å². The van der Waals surface area contributed by atoms with E-state index in [4.69, 9.17) is 4.74 Å². The summed E-state index contributed by atoms with van der Waals surface area (Å²) in [4.78, 5) is 3.74. The average molecular weight is 263 g/mol. The molecule has 1 rings (SSSR count). The summed E-state index contributed by atoms with van der Waals surface area (Å²) in [6.45, 7) is 15.0. The second-order valence-corrected chi connectivity index (χ2v) is 3.86. The normalized spacial score (nSPS) is 10.3. The van der Waals surface area contributed by atoms with Gasteiger partial charge in [-0.3, -0.25) is 0 Å². The maximum Gasteiger partial charge on any atom is 0.213 e. The molecule has 1 aromatic carbocycles. The third kappa shape index (κ3) is 6.55. The lowest BCUT2D eigenvalue weighted by Crippen LogP contribution is -1.94. The molecule has 2 nitrogen and oxygen atoms in total. The zero-order valence-electron chi connectivity index (χ0n) is 12.2. The van der Waals surface area contributed by atoms with Crippen molar-refractivity contribution in [3.8, 4) is 0 Å². The molecular weight excluding hydrogens is 241 g/mol. The van der Waals surface area contributed by atoms with Gasteiger partial charge in [-0.15, -0.1) is 0 Å². The van der Waals surface area contributed by atoms with Gasteiger partial charge in [-0.1, -0.05) is 32.1 Å². The number of benzene rings is 1. The summed E-state index contributed by atoms with van der Waals surface area (Å²) in [7, 11) is 0. The van der Waals surface area contributed by atoms with E-state index < -0.39 is 0 Å². The predicted molar refractivity (Wildman–Crippen MR) is 79.7 cm³/mol. The maximum absolute atomic E-state index is 13.0. The third-order valence-electron chi connectivity index (χ3n) is 2.13. The Labute approximate surface area is 115 Å². The molecular formula is C16H22FNO. The zero-order valence-corrected chi connectivity index (χ0v) is 12.2. The second kappa shape index (κ2) is 9.09. The van der Waals surface area contributed by atoms with Crippen molar-refractivity contribution in [2.75, 3.05) is 0 Å². The Morgan fingerprint density at radius 1 is 1.42 bits per heavy atom. The molecule has 0 fully saturated rings. The third-order valence-corrected chi connectivity index (χ3v) is 2.13. The van der Waals surface area contributed by atoms with E-state index in [1.54, 1.807) is 25.1 Å². The van der Waals surface area contributed by atoms with Gasteiger partial charge in [0.25, 0.3) is 0 Å². The SMILES string of the molecule is C=N/C(=C\C(=C)C)OCc1ccc(F)c(C)c1.CC. The van der Waals surface area contributed by atoms with E-state index in [9.17, 15) is 4.39 Å². The number of nitrogens with zero attached hydrogens (tertiary/aromatic N) is 1. The molecule has 0 saturated heterocycles. The fourth-order valence-corrected chi connectivity index (χ4v) is 1.30. The fourth-order valence-electron chi connectivity index (χ4n) is 1.30. The molecule has 3 heteroatoms. The Hall–Kier alpha value is -1.90. The summed E-state index contributed by atoms with van der Waals surface area (Å²) in [5, 5.41) is 0. The van der Waals surface area contributed by atoms with E-state index in [1.807, 2.05) is 20.8 Å². The van der Waals surface area contributed by atoms with Gasteiger partial charge in [0.2, 0.25) is 5.88 Å². The number of hydrogen-bond acceptors (Lipinski definition) is 2. The van der Waals surface area contributed by atoms with Crippen LogP contribution in [-0.4, -0.2) is 6.72 Å². The van der Waals surface area contributed by atoms with Crippen LogP contribution in [0.4, 0.5) is 4.39 Å². The number of halogens is 1. The van der Waals surface area contributed by atoms with Crippen LogP contribution >= 0.6 is 0 Å². The van der Waals surface area contributed by atoms with Crippen molar-refractivity contribution in [1.29, 1.82) is 0 Å². The molecule has 0 aliphatic rings. The average Bonchev–Trinajstić information content (AvgIpc) is 2.40. The molecule has 1 aromatic rings. The highest BCUT2D eigenvalue weighted by atomic mass is 19.1. The van der Waals surface area contributed by atoms with E-state index in [1.165, 1.54) is 6.07 Å². The molecule has 19 heavy (non-hydrogen) atoms. The summed E-state index contributed by atoms with van der Waals surface area (Å²) in [5.74, 6) is 0.202. The first-order valence-corrected chi connectivity index (χ1v) is 6.24. The lowest BCUT2D eigenvalue weighted by molar-refractivity contribution is 0.197. The highest BCUT2D eigenvalue weighted by Gasteiger charge is 2.01. The summed E-state index contributed by atoms with van der Waals surface area (Å²) < 4.78 is 18.5. The highest BCUT2D eigenvalue weighted by molar-refractivity contribution is 5.29. The Morgan fingerprint density at radius 3 is 2.53 bits per heavy atom. The lowest BCUT2D eigenvalue weighted by Gasteiger charge is -2.07. The quantitative estimate of drug-likeness (QED) is 0.425. The molecule has 0 aromatic heterocycles.